The molecule has 0 bridgehead atoms. The monoisotopic (exact) mass is 378 g/mol. The smallest absolute Gasteiger partial charge is 0.227 e. The largest absolute Gasteiger partial charge is 0.302 e. The van der Waals surface area contributed by atoms with Crippen LogP contribution < -0.4 is 5.32 Å². The molecule has 1 heterocycles. The summed E-state index contributed by atoms with van der Waals surface area (Å²) in [5, 5.41) is 3.33. The molecule has 1 aromatic heterocycles. The van der Waals surface area contributed by atoms with Gasteiger partial charge in [-0.2, -0.15) is 0 Å². The zero-order chi connectivity index (χ0) is 18.0. The number of aromatic nitrogens is 1. The van der Waals surface area contributed by atoms with Crippen molar-refractivity contribution in [1.82, 2.24) is 4.98 Å². The maximum atomic E-state index is 12.3. The van der Waals surface area contributed by atoms with Gasteiger partial charge in [0.05, 0.1) is 16.3 Å². The van der Waals surface area contributed by atoms with Gasteiger partial charge in [-0.15, -0.1) is 11.3 Å². The van der Waals surface area contributed by atoms with E-state index in [1.165, 1.54) is 16.2 Å². The molecule has 0 spiro atoms. The lowest BCUT2D eigenvalue weighted by Gasteiger charge is -2.15. The van der Waals surface area contributed by atoms with E-state index in [1.807, 2.05) is 6.92 Å². The Morgan fingerprint density at radius 2 is 2.04 bits per heavy atom. The Kier molecular flexibility index (Phi) is 5.24. The number of carbonyl (C=O) groups is 1. The Morgan fingerprint density at radius 3 is 2.76 bits per heavy atom. The molecule has 25 heavy (non-hydrogen) atoms. The molecule has 1 aliphatic carbocycles. The highest BCUT2D eigenvalue weighted by atomic mass is 32.2. The fourth-order valence-corrected chi connectivity index (χ4v) is 5.29. The first-order chi connectivity index (χ1) is 11.8. The minimum atomic E-state index is -3.45. The molecule has 1 aliphatic rings. The highest BCUT2D eigenvalue weighted by Crippen LogP contribution is 2.32. The number of carbonyl (C=O) groups excluding carboxylic acids is 1. The van der Waals surface area contributed by atoms with Gasteiger partial charge in [0.1, 0.15) is 0 Å². The van der Waals surface area contributed by atoms with E-state index in [4.69, 9.17) is 0 Å². The summed E-state index contributed by atoms with van der Waals surface area (Å²) in [7, 11) is -3.45. The molecule has 1 N–H and O–H groups in total. The molecule has 1 atom stereocenters. The van der Waals surface area contributed by atoms with E-state index in [-0.39, 0.29) is 23.0 Å². The number of hydrogen-bond donors (Lipinski definition) is 1. The molecule has 134 valence electrons. The van der Waals surface area contributed by atoms with Gasteiger partial charge in [-0.25, -0.2) is 13.4 Å². The maximum Gasteiger partial charge on any atom is 0.227 e. The lowest BCUT2D eigenvalue weighted by Crippen LogP contribution is -2.17. The molecule has 7 heteroatoms. The summed E-state index contributed by atoms with van der Waals surface area (Å²) in [6.07, 6.45) is 3.01. The minimum absolute atomic E-state index is 0.0726. The zero-order valence-corrected chi connectivity index (χ0v) is 16.0. The molecular weight excluding hydrogens is 356 g/mol. The predicted octanol–water partition coefficient (Wildman–Crippen LogP) is 3.38. The van der Waals surface area contributed by atoms with Gasteiger partial charge in [-0.1, -0.05) is 24.6 Å². The number of anilines is 1. The van der Waals surface area contributed by atoms with E-state index >= 15 is 0 Å². The van der Waals surface area contributed by atoms with Gasteiger partial charge < -0.3 is 5.32 Å². The summed E-state index contributed by atoms with van der Waals surface area (Å²) >= 11 is 1.51. The Balaban J connectivity index is 1.59. The number of nitrogens with zero attached hydrogens (tertiary/aromatic N) is 1. The van der Waals surface area contributed by atoms with Crippen molar-refractivity contribution in [3.63, 3.8) is 0 Å². The summed E-state index contributed by atoms with van der Waals surface area (Å²) in [5.41, 5.74) is 2.07. The van der Waals surface area contributed by atoms with E-state index in [9.17, 15) is 13.2 Å². The van der Waals surface area contributed by atoms with E-state index in [2.05, 4.69) is 17.2 Å². The van der Waals surface area contributed by atoms with Crippen LogP contribution in [0.15, 0.2) is 29.2 Å². The normalized spacial score (nSPS) is 17.1. The summed E-state index contributed by atoms with van der Waals surface area (Å²) in [6.45, 7) is 4.12. The Bertz CT molecular complexity index is 870. The van der Waals surface area contributed by atoms with Crippen LogP contribution >= 0.6 is 11.3 Å². The van der Waals surface area contributed by atoms with Crippen LogP contribution in [0.2, 0.25) is 0 Å². The van der Waals surface area contributed by atoms with Crippen molar-refractivity contribution in [2.75, 3.05) is 11.1 Å². The molecule has 0 saturated carbocycles. The van der Waals surface area contributed by atoms with Crippen LogP contribution in [-0.2, 0) is 27.5 Å². The fourth-order valence-electron chi connectivity index (χ4n) is 2.87. The van der Waals surface area contributed by atoms with E-state index in [1.54, 1.807) is 24.3 Å². The van der Waals surface area contributed by atoms with E-state index in [0.717, 1.165) is 30.5 Å². The number of benzene rings is 1. The zero-order valence-electron chi connectivity index (χ0n) is 14.4. The summed E-state index contributed by atoms with van der Waals surface area (Å²) in [4.78, 5) is 18.1. The number of sulfone groups is 1. The lowest BCUT2D eigenvalue weighted by atomic mass is 9.93. The molecule has 0 fully saturated rings. The minimum Gasteiger partial charge on any atom is -0.302 e. The Hall–Kier alpha value is -1.73. The standard InChI is InChI=1S/C18H22N2O3S2/c1-12-3-6-14(7-4-12)25(22,23)10-9-17(21)20-18-19-15-8-5-13(2)11-16(15)24-18/h3-4,6-7,13H,5,8-11H2,1-2H3,(H,19,20,21)/t13-/m0/s1. The van der Waals surface area contributed by atoms with Gasteiger partial charge in [0.2, 0.25) is 5.91 Å². The molecular formula is C18H22N2O3S2. The highest BCUT2D eigenvalue weighted by Gasteiger charge is 2.21. The van der Waals surface area contributed by atoms with Crippen LogP contribution in [-0.4, -0.2) is 25.1 Å². The maximum absolute atomic E-state index is 12.3. The predicted molar refractivity (Wildman–Crippen MR) is 99.8 cm³/mol. The highest BCUT2D eigenvalue weighted by molar-refractivity contribution is 7.91. The third-order valence-corrected chi connectivity index (χ3v) is 7.18. The number of nitrogens with one attached hydrogen (secondary N) is 1. The third kappa shape index (κ3) is 4.46. The number of hydrogen-bond acceptors (Lipinski definition) is 5. The summed E-state index contributed by atoms with van der Waals surface area (Å²) in [5.74, 6) is 0.135. The quantitative estimate of drug-likeness (QED) is 0.865. The van der Waals surface area contributed by atoms with Crippen molar-refractivity contribution >= 4 is 32.2 Å². The van der Waals surface area contributed by atoms with Crippen LogP contribution in [0.1, 0.15) is 35.9 Å². The van der Waals surface area contributed by atoms with Crippen LogP contribution in [0.3, 0.4) is 0 Å². The van der Waals surface area contributed by atoms with Crippen LogP contribution in [0, 0.1) is 12.8 Å². The fraction of sp³-hybridized carbons (Fsp3) is 0.444. The van der Waals surface area contributed by atoms with Gasteiger partial charge >= 0.3 is 0 Å². The van der Waals surface area contributed by atoms with Crippen molar-refractivity contribution in [1.29, 1.82) is 0 Å². The SMILES string of the molecule is Cc1ccc(S(=O)(=O)CCC(=O)Nc2nc3c(s2)C[C@@H](C)CC3)cc1. The number of rotatable bonds is 5. The molecule has 0 aliphatic heterocycles. The van der Waals surface area contributed by atoms with Crippen LogP contribution in [0.4, 0.5) is 5.13 Å². The molecule has 5 nitrogen and oxygen atoms in total. The van der Waals surface area contributed by atoms with Gasteiger partial charge in [0.25, 0.3) is 0 Å². The number of thiazole rings is 1. The van der Waals surface area contributed by atoms with Gasteiger partial charge in [0.15, 0.2) is 15.0 Å². The van der Waals surface area contributed by atoms with Crippen molar-refractivity contribution in [2.45, 2.75) is 44.4 Å². The molecule has 0 unspecified atom stereocenters. The average Bonchev–Trinajstić information content (AvgIpc) is 2.94. The number of aryl methyl sites for hydroxylation is 2. The first-order valence-electron chi connectivity index (χ1n) is 8.41. The topological polar surface area (TPSA) is 76.1 Å². The molecule has 1 amide bonds. The van der Waals surface area contributed by atoms with Crippen molar-refractivity contribution in [2.24, 2.45) is 5.92 Å². The van der Waals surface area contributed by atoms with E-state index < -0.39 is 9.84 Å². The van der Waals surface area contributed by atoms with Gasteiger partial charge in [-0.05, 0) is 44.2 Å². The second kappa shape index (κ2) is 7.25. The summed E-state index contributed by atoms with van der Waals surface area (Å²) < 4.78 is 24.6. The summed E-state index contributed by atoms with van der Waals surface area (Å²) in [6, 6.07) is 6.68. The van der Waals surface area contributed by atoms with Crippen LogP contribution in [0.5, 0.6) is 0 Å². The van der Waals surface area contributed by atoms with Crippen molar-refractivity contribution < 1.29 is 13.2 Å². The second-order valence-corrected chi connectivity index (χ2v) is 9.86. The molecule has 2 aromatic rings. The molecule has 1 aromatic carbocycles. The lowest BCUT2D eigenvalue weighted by molar-refractivity contribution is -0.115. The first kappa shape index (κ1) is 18.1. The second-order valence-electron chi connectivity index (χ2n) is 6.67. The van der Waals surface area contributed by atoms with Crippen LogP contribution in [0.25, 0.3) is 0 Å². The Morgan fingerprint density at radius 1 is 1.32 bits per heavy atom. The number of amides is 1. The van der Waals surface area contributed by atoms with Gasteiger partial charge in [0, 0.05) is 11.3 Å². The number of fused-ring (bicyclic) bond motifs is 1. The first-order valence-corrected chi connectivity index (χ1v) is 10.9. The Labute approximate surface area is 152 Å². The molecule has 0 radical (unpaired) electrons. The third-order valence-electron chi connectivity index (χ3n) is 4.41. The average molecular weight is 379 g/mol. The van der Waals surface area contributed by atoms with Gasteiger partial charge in [-0.3, -0.25) is 4.79 Å². The molecule has 0 saturated heterocycles. The van der Waals surface area contributed by atoms with Crippen molar-refractivity contribution in [3.8, 4) is 0 Å². The van der Waals surface area contributed by atoms with E-state index in [0.29, 0.717) is 11.0 Å². The van der Waals surface area contributed by atoms with Crippen molar-refractivity contribution in [3.05, 3.63) is 40.4 Å². The molecule has 3 rings (SSSR count).